The third kappa shape index (κ3) is 3.75. The zero-order valence-corrected chi connectivity index (χ0v) is 17.4. The minimum absolute atomic E-state index is 0.738. The topological polar surface area (TPSA) is 87.0 Å². The molecule has 29 heavy (non-hydrogen) atoms. The van der Waals surface area contributed by atoms with Crippen molar-refractivity contribution in [2.75, 3.05) is 18.4 Å². The van der Waals surface area contributed by atoms with E-state index in [4.69, 9.17) is 0 Å². The first-order valence-electron chi connectivity index (χ1n) is 9.94. The van der Waals surface area contributed by atoms with Gasteiger partial charge in [0.15, 0.2) is 11.5 Å². The van der Waals surface area contributed by atoms with Crippen LogP contribution in [0.2, 0.25) is 0 Å². The summed E-state index contributed by atoms with van der Waals surface area (Å²) >= 11 is 1.47. The van der Waals surface area contributed by atoms with Gasteiger partial charge in [0.25, 0.3) is 0 Å². The number of aryl methyl sites for hydroxylation is 1. The summed E-state index contributed by atoms with van der Waals surface area (Å²) in [6.07, 6.45) is 10.1. The molecule has 5 rings (SSSR count). The standard InChI is InChI=1S/C20H24N8S/c1-13-4-3-5-27(10-13)12-16-6-18(29-26-16)25-19-20-21-9-17(15-7-22-23-8-15)28(20)11-14(2)24-19/h6-9,11,13H,3-5,10,12H2,1-2H3,(H,22,23)(H,24,25). The molecule has 1 unspecified atom stereocenters. The van der Waals surface area contributed by atoms with Gasteiger partial charge in [-0.05, 0) is 49.8 Å². The molecule has 0 aromatic carbocycles. The van der Waals surface area contributed by atoms with Crippen LogP contribution < -0.4 is 5.32 Å². The van der Waals surface area contributed by atoms with Gasteiger partial charge in [0, 0.05) is 31.0 Å². The fourth-order valence-corrected chi connectivity index (χ4v) is 4.68. The van der Waals surface area contributed by atoms with Crippen LogP contribution in [0.4, 0.5) is 10.8 Å². The van der Waals surface area contributed by atoms with Gasteiger partial charge in [-0.15, -0.1) is 0 Å². The third-order valence-electron chi connectivity index (χ3n) is 5.33. The van der Waals surface area contributed by atoms with Gasteiger partial charge < -0.3 is 5.32 Å². The molecule has 1 saturated heterocycles. The second-order valence-electron chi connectivity index (χ2n) is 7.84. The van der Waals surface area contributed by atoms with Crippen molar-refractivity contribution in [2.45, 2.75) is 33.2 Å². The van der Waals surface area contributed by atoms with Gasteiger partial charge >= 0.3 is 0 Å². The summed E-state index contributed by atoms with van der Waals surface area (Å²) in [6.45, 7) is 7.55. The minimum Gasteiger partial charge on any atom is -0.328 e. The Morgan fingerprint density at radius 3 is 3.10 bits per heavy atom. The van der Waals surface area contributed by atoms with Crippen LogP contribution in [0.15, 0.2) is 30.9 Å². The van der Waals surface area contributed by atoms with E-state index in [-0.39, 0.29) is 0 Å². The molecular weight excluding hydrogens is 384 g/mol. The maximum Gasteiger partial charge on any atom is 0.180 e. The zero-order chi connectivity index (χ0) is 19.8. The number of anilines is 2. The SMILES string of the molecule is Cc1cn2c(-c3cn[nH]c3)cnc2c(Nc2cc(CN3CCCC(C)C3)ns2)n1. The molecule has 1 aliphatic heterocycles. The second-order valence-corrected chi connectivity index (χ2v) is 8.65. The molecule has 9 heteroatoms. The maximum absolute atomic E-state index is 4.68. The number of H-pyrrole nitrogens is 1. The van der Waals surface area contributed by atoms with E-state index in [1.54, 1.807) is 6.20 Å². The number of likely N-dealkylation sites (tertiary alicyclic amines) is 1. The van der Waals surface area contributed by atoms with E-state index in [0.29, 0.717) is 0 Å². The molecule has 0 saturated carbocycles. The van der Waals surface area contributed by atoms with Crippen molar-refractivity contribution < 1.29 is 0 Å². The van der Waals surface area contributed by atoms with E-state index in [2.05, 4.69) is 47.7 Å². The predicted molar refractivity (Wildman–Crippen MR) is 114 cm³/mol. The fraction of sp³-hybridized carbons (Fsp3) is 0.400. The number of imidazole rings is 1. The summed E-state index contributed by atoms with van der Waals surface area (Å²) in [5, 5.41) is 11.3. The molecule has 0 amide bonds. The summed E-state index contributed by atoms with van der Waals surface area (Å²) in [7, 11) is 0. The lowest BCUT2D eigenvalue weighted by Crippen LogP contribution is -2.33. The Balaban J connectivity index is 1.39. The number of nitrogens with zero attached hydrogens (tertiary/aromatic N) is 6. The first-order valence-corrected chi connectivity index (χ1v) is 10.7. The fourth-order valence-electron chi connectivity index (χ4n) is 4.02. The molecule has 0 spiro atoms. The molecular formula is C20H24N8S. The van der Waals surface area contributed by atoms with Crippen LogP contribution in [0, 0.1) is 12.8 Å². The monoisotopic (exact) mass is 408 g/mol. The normalized spacial score (nSPS) is 17.8. The van der Waals surface area contributed by atoms with Gasteiger partial charge in [0.1, 0.15) is 5.00 Å². The van der Waals surface area contributed by atoms with E-state index < -0.39 is 0 Å². The van der Waals surface area contributed by atoms with Crippen LogP contribution in [0.1, 0.15) is 31.2 Å². The Labute approximate surface area is 173 Å². The number of fused-ring (bicyclic) bond motifs is 1. The zero-order valence-electron chi connectivity index (χ0n) is 16.6. The number of rotatable bonds is 5. The molecule has 1 fully saturated rings. The van der Waals surface area contributed by atoms with E-state index >= 15 is 0 Å². The average molecular weight is 409 g/mol. The molecule has 0 bridgehead atoms. The molecule has 0 radical (unpaired) electrons. The van der Waals surface area contributed by atoms with Crippen molar-refractivity contribution >= 4 is 28.0 Å². The Hall–Kier alpha value is -2.78. The van der Waals surface area contributed by atoms with Crippen molar-refractivity contribution in [3.63, 3.8) is 0 Å². The highest BCUT2D eigenvalue weighted by Crippen LogP contribution is 2.28. The average Bonchev–Trinajstić information content (AvgIpc) is 3.42. The Kier molecular flexibility index (Phi) is 4.76. The van der Waals surface area contributed by atoms with E-state index in [9.17, 15) is 0 Å². The summed E-state index contributed by atoms with van der Waals surface area (Å²) in [6, 6.07) is 2.13. The number of hydrogen-bond acceptors (Lipinski definition) is 7. The number of aromatic amines is 1. The Bertz CT molecular complexity index is 1110. The maximum atomic E-state index is 4.68. The lowest BCUT2D eigenvalue weighted by molar-refractivity contribution is 0.175. The van der Waals surface area contributed by atoms with Crippen LogP contribution in [-0.4, -0.2) is 46.9 Å². The minimum atomic E-state index is 0.738. The lowest BCUT2D eigenvalue weighted by atomic mass is 10.0. The second kappa shape index (κ2) is 7.57. The number of nitrogens with one attached hydrogen (secondary N) is 2. The largest absolute Gasteiger partial charge is 0.328 e. The van der Waals surface area contributed by atoms with Crippen molar-refractivity contribution in [3.05, 3.63) is 42.2 Å². The summed E-state index contributed by atoms with van der Waals surface area (Å²) in [5.41, 5.74) is 4.77. The first kappa shape index (κ1) is 18.3. The Morgan fingerprint density at radius 1 is 1.34 bits per heavy atom. The molecule has 150 valence electrons. The molecule has 0 aliphatic carbocycles. The van der Waals surface area contributed by atoms with Crippen LogP contribution in [0.5, 0.6) is 0 Å². The smallest absolute Gasteiger partial charge is 0.180 e. The van der Waals surface area contributed by atoms with Crippen molar-refractivity contribution in [3.8, 4) is 11.3 Å². The summed E-state index contributed by atoms with van der Waals surface area (Å²) < 4.78 is 6.70. The van der Waals surface area contributed by atoms with Gasteiger partial charge in [0.05, 0.1) is 29.5 Å². The quantitative estimate of drug-likeness (QED) is 0.521. The third-order valence-corrected chi connectivity index (χ3v) is 6.08. The predicted octanol–water partition coefficient (Wildman–Crippen LogP) is 3.86. The molecule has 4 aromatic heterocycles. The number of piperidine rings is 1. The first-order chi connectivity index (χ1) is 14.2. The highest BCUT2D eigenvalue weighted by Gasteiger charge is 2.18. The molecule has 5 heterocycles. The highest BCUT2D eigenvalue weighted by molar-refractivity contribution is 7.10. The van der Waals surface area contributed by atoms with Crippen molar-refractivity contribution in [1.29, 1.82) is 0 Å². The van der Waals surface area contributed by atoms with E-state index in [1.165, 1.54) is 24.4 Å². The van der Waals surface area contributed by atoms with Crippen LogP contribution in [0.3, 0.4) is 0 Å². The number of aromatic nitrogens is 6. The van der Waals surface area contributed by atoms with Gasteiger partial charge in [-0.3, -0.25) is 14.4 Å². The van der Waals surface area contributed by atoms with Crippen molar-refractivity contribution in [1.82, 2.24) is 33.8 Å². The van der Waals surface area contributed by atoms with Crippen LogP contribution >= 0.6 is 11.5 Å². The number of hydrogen-bond donors (Lipinski definition) is 2. The van der Waals surface area contributed by atoms with E-state index in [0.717, 1.165) is 64.7 Å². The summed E-state index contributed by atoms with van der Waals surface area (Å²) in [4.78, 5) is 11.8. The van der Waals surface area contributed by atoms with Crippen molar-refractivity contribution in [2.24, 2.45) is 5.92 Å². The lowest BCUT2D eigenvalue weighted by Gasteiger charge is -2.30. The van der Waals surface area contributed by atoms with Gasteiger partial charge in [-0.25, -0.2) is 9.97 Å². The van der Waals surface area contributed by atoms with Crippen LogP contribution in [0.25, 0.3) is 16.9 Å². The molecule has 2 N–H and O–H groups in total. The molecule has 1 aliphatic rings. The molecule has 8 nitrogen and oxygen atoms in total. The van der Waals surface area contributed by atoms with Gasteiger partial charge in [-0.1, -0.05) is 6.92 Å². The summed E-state index contributed by atoms with van der Waals surface area (Å²) in [5.74, 6) is 1.51. The van der Waals surface area contributed by atoms with Gasteiger partial charge in [0.2, 0.25) is 0 Å². The van der Waals surface area contributed by atoms with E-state index in [1.807, 2.05) is 29.9 Å². The molecule has 4 aromatic rings. The van der Waals surface area contributed by atoms with Gasteiger partial charge in [-0.2, -0.15) is 9.47 Å². The Morgan fingerprint density at radius 2 is 2.28 bits per heavy atom. The molecule has 1 atom stereocenters. The van der Waals surface area contributed by atoms with Crippen LogP contribution in [-0.2, 0) is 6.54 Å². The highest BCUT2D eigenvalue weighted by atomic mass is 32.1.